The SMILES string of the molecule is O=C(O)C(c1ccc(Cl)cc1)C(C(=O)O)c1ccc(Cl)cc1. The van der Waals surface area contributed by atoms with Gasteiger partial charge in [0.15, 0.2) is 0 Å². The molecule has 2 unspecified atom stereocenters. The van der Waals surface area contributed by atoms with Crippen molar-refractivity contribution in [2.24, 2.45) is 0 Å². The van der Waals surface area contributed by atoms with Crippen LogP contribution in [0.4, 0.5) is 0 Å². The molecule has 6 heteroatoms. The van der Waals surface area contributed by atoms with Gasteiger partial charge in [-0.15, -0.1) is 0 Å². The zero-order valence-electron chi connectivity index (χ0n) is 11.2. The standard InChI is InChI=1S/C16H12Cl2O4/c17-11-5-1-9(2-6-11)13(15(19)20)14(16(21)22)10-3-7-12(18)8-4-10/h1-8,13-14H,(H,19,20)(H,21,22). The van der Waals surface area contributed by atoms with Crippen LogP contribution in [0.5, 0.6) is 0 Å². The summed E-state index contributed by atoms with van der Waals surface area (Å²) >= 11 is 11.6. The maximum Gasteiger partial charge on any atom is 0.312 e. The molecule has 0 aliphatic heterocycles. The number of halogens is 2. The Hall–Kier alpha value is -2.04. The van der Waals surface area contributed by atoms with Crippen LogP contribution in [0, 0.1) is 0 Å². The van der Waals surface area contributed by atoms with Gasteiger partial charge in [0.25, 0.3) is 0 Å². The van der Waals surface area contributed by atoms with Gasteiger partial charge in [0.1, 0.15) is 0 Å². The smallest absolute Gasteiger partial charge is 0.312 e. The lowest BCUT2D eigenvalue weighted by Crippen LogP contribution is -2.26. The summed E-state index contributed by atoms with van der Waals surface area (Å²) in [7, 11) is 0. The van der Waals surface area contributed by atoms with E-state index in [0.717, 1.165) is 0 Å². The fourth-order valence-corrected chi connectivity index (χ4v) is 2.55. The largest absolute Gasteiger partial charge is 0.481 e. The van der Waals surface area contributed by atoms with E-state index in [1.54, 1.807) is 0 Å². The van der Waals surface area contributed by atoms with Crippen molar-refractivity contribution in [3.63, 3.8) is 0 Å². The molecule has 0 heterocycles. The minimum absolute atomic E-state index is 0.374. The molecule has 0 saturated carbocycles. The van der Waals surface area contributed by atoms with Crippen molar-refractivity contribution in [2.45, 2.75) is 11.8 Å². The minimum Gasteiger partial charge on any atom is -0.481 e. The molecule has 2 aromatic carbocycles. The highest BCUT2D eigenvalue weighted by molar-refractivity contribution is 6.30. The van der Waals surface area contributed by atoms with Crippen molar-refractivity contribution in [3.05, 3.63) is 69.7 Å². The highest BCUT2D eigenvalue weighted by Gasteiger charge is 2.36. The normalized spacial score (nSPS) is 13.4. The molecule has 0 aromatic heterocycles. The van der Waals surface area contributed by atoms with Crippen molar-refractivity contribution < 1.29 is 19.8 Å². The lowest BCUT2D eigenvalue weighted by atomic mass is 9.81. The van der Waals surface area contributed by atoms with E-state index in [9.17, 15) is 19.8 Å². The van der Waals surface area contributed by atoms with Gasteiger partial charge in [-0.2, -0.15) is 0 Å². The fraction of sp³-hybridized carbons (Fsp3) is 0.125. The summed E-state index contributed by atoms with van der Waals surface area (Å²) in [5.41, 5.74) is 0.749. The van der Waals surface area contributed by atoms with Gasteiger partial charge in [0.2, 0.25) is 0 Å². The Labute approximate surface area is 136 Å². The molecule has 2 atom stereocenters. The van der Waals surface area contributed by atoms with Gasteiger partial charge < -0.3 is 10.2 Å². The minimum atomic E-state index is -1.23. The van der Waals surface area contributed by atoms with Crippen LogP contribution in [0.3, 0.4) is 0 Å². The van der Waals surface area contributed by atoms with Gasteiger partial charge in [0.05, 0.1) is 11.8 Å². The number of rotatable bonds is 5. The molecule has 0 fully saturated rings. The zero-order chi connectivity index (χ0) is 16.3. The van der Waals surface area contributed by atoms with Crippen molar-refractivity contribution in [2.75, 3.05) is 0 Å². The quantitative estimate of drug-likeness (QED) is 0.862. The molecule has 0 spiro atoms. The molecule has 2 N–H and O–H groups in total. The van der Waals surface area contributed by atoms with Crippen LogP contribution in [0.15, 0.2) is 48.5 Å². The Morgan fingerprint density at radius 1 is 0.682 bits per heavy atom. The van der Waals surface area contributed by atoms with Gasteiger partial charge in [-0.1, -0.05) is 47.5 Å². The molecule has 0 bridgehead atoms. The zero-order valence-corrected chi connectivity index (χ0v) is 12.8. The van der Waals surface area contributed by atoms with Crippen LogP contribution in [0.2, 0.25) is 10.0 Å². The summed E-state index contributed by atoms with van der Waals surface area (Å²) < 4.78 is 0. The molecule has 0 aliphatic rings. The molecule has 0 aliphatic carbocycles. The summed E-state index contributed by atoms with van der Waals surface area (Å²) in [5.74, 6) is -4.89. The third-order valence-corrected chi connectivity index (χ3v) is 3.83. The van der Waals surface area contributed by atoms with Crippen molar-refractivity contribution in [1.29, 1.82) is 0 Å². The van der Waals surface area contributed by atoms with E-state index in [1.807, 2.05) is 0 Å². The van der Waals surface area contributed by atoms with E-state index in [1.165, 1.54) is 48.5 Å². The van der Waals surface area contributed by atoms with E-state index < -0.39 is 23.8 Å². The first kappa shape index (κ1) is 16.3. The number of carboxylic acids is 2. The molecule has 0 amide bonds. The van der Waals surface area contributed by atoms with E-state index in [-0.39, 0.29) is 0 Å². The van der Waals surface area contributed by atoms with Crippen LogP contribution in [0.1, 0.15) is 23.0 Å². The summed E-state index contributed by atoms with van der Waals surface area (Å²) in [4.78, 5) is 23.3. The highest BCUT2D eigenvalue weighted by Crippen LogP contribution is 2.34. The van der Waals surface area contributed by atoms with E-state index >= 15 is 0 Å². The van der Waals surface area contributed by atoms with Crippen LogP contribution < -0.4 is 0 Å². The molecular weight excluding hydrogens is 327 g/mol. The topological polar surface area (TPSA) is 74.6 Å². The number of benzene rings is 2. The molecule has 114 valence electrons. The van der Waals surface area contributed by atoms with Crippen molar-refractivity contribution in [3.8, 4) is 0 Å². The van der Waals surface area contributed by atoms with Gasteiger partial charge in [0, 0.05) is 10.0 Å². The second-order valence-corrected chi connectivity index (χ2v) is 5.61. The number of hydrogen-bond donors (Lipinski definition) is 2. The maximum atomic E-state index is 11.6. The predicted molar refractivity (Wildman–Crippen MR) is 83.7 cm³/mol. The van der Waals surface area contributed by atoms with E-state index in [2.05, 4.69) is 0 Å². The number of aliphatic carboxylic acids is 2. The first-order valence-corrected chi connectivity index (χ1v) is 7.12. The van der Waals surface area contributed by atoms with Crippen LogP contribution >= 0.6 is 23.2 Å². The van der Waals surface area contributed by atoms with Crippen molar-refractivity contribution in [1.82, 2.24) is 0 Å². The van der Waals surface area contributed by atoms with Crippen LogP contribution in [0.25, 0.3) is 0 Å². The van der Waals surface area contributed by atoms with Crippen molar-refractivity contribution >= 4 is 35.1 Å². The Morgan fingerprint density at radius 2 is 0.955 bits per heavy atom. The monoisotopic (exact) mass is 338 g/mol. The number of carboxylic acid groups (broad SMARTS) is 2. The Bertz CT molecular complexity index is 619. The summed E-state index contributed by atoms with van der Waals surface area (Å²) in [6, 6.07) is 12.2. The van der Waals surface area contributed by atoms with E-state index in [4.69, 9.17) is 23.2 Å². The summed E-state index contributed by atoms with van der Waals surface area (Å²) in [6.45, 7) is 0. The third kappa shape index (κ3) is 3.59. The fourth-order valence-electron chi connectivity index (χ4n) is 2.30. The van der Waals surface area contributed by atoms with Gasteiger partial charge >= 0.3 is 11.9 Å². The Balaban J connectivity index is 2.51. The molecule has 0 saturated heterocycles. The molecule has 4 nitrogen and oxygen atoms in total. The molecule has 0 radical (unpaired) electrons. The Kier molecular flexibility index (Phi) is 5.06. The van der Waals surface area contributed by atoms with Crippen LogP contribution in [-0.2, 0) is 9.59 Å². The van der Waals surface area contributed by atoms with E-state index in [0.29, 0.717) is 21.2 Å². The number of carbonyl (C=O) groups is 2. The maximum absolute atomic E-state index is 11.6. The lowest BCUT2D eigenvalue weighted by molar-refractivity contribution is -0.147. The third-order valence-electron chi connectivity index (χ3n) is 3.32. The summed E-state index contributed by atoms with van der Waals surface area (Å²) in [5, 5.41) is 19.9. The molecule has 2 aromatic rings. The lowest BCUT2D eigenvalue weighted by Gasteiger charge is -2.21. The molecule has 22 heavy (non-hydrogen) atoms. The van der Waals surface area contributed by atoms with Gasteiger partial charge in [-0.3, -0.25) is 9.59 Å². The average Bonchev–Trinajstić information content (AvgIpc) is 2.46. The second-order valence-electron chi connectivity index (χ2n) is 4.73. The molecular formula is C16H12Cl2O4. The first-order valence-electron chi connectivity index (χ1n) is 6.36. The van der Waals surface area contributed by atoms with Gasteiger partial charge in [-0.05, 0) is 35.4 Å². The Morgan fingerprint density at radius 3 is 1.18 bits per heavy atom. The predicted octanol–water partition coefficient (Wildman–Crippen LogP) is 4.03. The first-order chi connectivity index (χ1) is 10.4. The summed E-state index contributed by atoms with van der Waals surface area (Å²) in [6.07, 6.45) is 0. The molecule has 2 rings (SSSR count). The van der Waals surface area contributed by atoms with Crippen LogP contribution in [-0.4, -0.2) is 22.2 Å². The van der Waals surface area contributed by atoms with Gasteiger partial charge in [-0.25, -0.2) is 0 Å². The number of hydrogen-bond acceptors (Lipinski definition) is 2. The average molecular weight is 339 g/mol. The second kappa shape index (κ2) is 6.81. The highest BCUT2D eigenvalue weighted by atomic mass is 35.5.